The Hall–Kier alpha value is -1.06. The van der Waals surface area contributed by atoms with Crippen LogP contribution in [0.1, 0.15) is 58.3 Å². The summed E-state index contributed by atoms with van der Waals surface area (Å²) in [4.78, 5) is 25.7. The van der Waals surface area contributed by atoms with Crippen molar-refractivity contribution in [2.24, 2.45) is 11.8 Å². The number of hydrogen-bond acceptors (Lipinski definition) is 2. The largest absolute Gasteiger partial charge is 0.354 e. The molecule has 2 rings (SSSR count). The van der Waals surface area contributed by atoms with Gasteiger partial charge in [-0.3, -0.25) is 9.59 Å². The Balaban J connectivity index is 1.77. The molecule has 114 valence electrons. The van der Waals surface area contributed by atoms with Gasteiger partial charge in [-0.2, -0.15) is 0 Å². The molecule has 0 bridgehead atoms. The molecular formula is C16H28N2O2. The van der Waals surface area contributed by atoms with E-state index in [0.717, 1.165) is 18.8 Å². The van der Waals surface area contributed by atoms with Crippen molar-refractivity contribution < 1.29 is 9.59 Å². The molecule has 4 nitrogen and oxygen atoms in total. The Morgan fingerprint density at radius 2 is 2.00 bits per heavy atom. The lowest BCUT2D eigenvalue weighted by atomic mass is 9.79. The number of hydrogen-bond donors (Lipinski definition) is 1. The van der Waals surface area contributed by atoms with Crippen LogP contribution in [0.3, 0.4) is 0 Å². The van der Waals surface area contributed by atoms with E-state index < -0.39 is 0 Å². The summed E-state index contributed by atoms with van der Waals surface area (Å²) in [6, 6.07) is 0. The van der Waals surface area contributed by atoms with Crippen molar-refractivity contribution in [3.05, 3.63) is 0 Å². The van der Waals surface area contributed by atoms with Crippen LogP contribution in [-0.4, -0.2) is 36.3 Å². The number of nitrogens with zero attached hydrogens (tertiary/aromatic N) is 1. The first-order valence-electron chi connectivity index (χ1n) is 8.26. The molecule has 4 heteroatoms. The standard InChI is InChI=1S/C16H28N2O2/c1-2-3-4-13-5-7-14(8-6-13)16(20)18-11-9-15(19)17-10-12-18/h13-14H,2-12H2,1H3,(H,17,19). The molecule has 1 N–H and O–H groups in total. The maximum Gasteiger partial charge on any atom is 0.225 e. The fourth-order valence-corrected chi connectivity index (χ4v) is 3.44. The van der Waals surface area contributed by atoms with E-state index in [2.05, 4.69) is 12.2 Å². The second-order valence-electron chi connectivity index (χ2n) is 6.29. The van der Waals surface area contributed by atoms with Crippen molar-refractivity contribution in [1.29, 1.82) is 0 Å². The molecule has 20 heavy (non-hydrogen) atoms. The molecule has 0 atom stereocenters. The lowest BCUT2D eigenvalue weighted by molar-refractivity contribution is -0.136. The van der Waals surface area contributed by atoms with Crippen molar-refractivity contribution in [3.63, 3.8) is 0 Å². The van der Waals surface area contributed by atoms with Gasteiger partial charge in [0, 0.05) is 32.0 Å². The van der Waals surface area contributed by atoms with Crippen molar-refractivity contribution in [2.75, 3.05) is 19.6 Å². The van der Waals surface area contributed by atoms with E-state index in [9.17, 15) is 9.59 Å². The van der Waals surface area contributed by atoms with Gasteiger partial charge in [-0.1, -0.05) is 26.2 Å². The van der Waals surface area contributed by atoms with Gasteiger partial charge in [0.2, 0.25) is 11.8 Å². The van der Waals surface area contributed by atoms with Crippen LogP contribution in [0.4, 0.5) is 0 Å². The summed E-state index contributed by atoms with van der Waals surface area (Å²) in [5, 5.41) is 2.83. The quantitative estimate of drug-likeness (QED) is 0.859. The maximum atomic E-state index is 12.5. The summed E-state index contributed by atoms with van der Waals surface area (Å²) in [7, 11) is 0. The minimum absolute atomic E-state index is 0.0728. The van der Waals surface area contributed by atoms with Gasteiger partial charge in [-0.05, 0) is 31.6 Å². The molecule has 0 radical (unpaired) electrons. The lowest BCUT2D eigenvalue weighted by Gasteiger charge is -2.31. The summed E-state index contributed by atoms with van der Waals surface area (Å²) in [5.41, 5.74) is 0. The van der Waals surface area contributed by atoms with Crippen LogP contribution in [0, 0.1) is 11.8 Å². The Morgan fingerprint density at radius 1 is 1.25 bits per heavy atom. The predicted octanol–water partition coefficient (Wildman–Crippen LogP) is 2.33. The van der Waals surface area contributed by atoms with E-state index in [4.69, 9.17) is 0 Å². The first-order chi connectivity index (χ1) is 9.70. The first-order valence-corrected chi connectivity index (χ1v) is 8.26. The average molecular weight is 280 g/mol. The van der Waals surface area contributed by atoms with Gasteiger partial charge in [-0.25, -0.2) is 0 Å². The SMILES string of the molecule is CCCCC1CCC(C(=O)N2CCNC(=O)CC2)CC1. The number of carbonyl (C=O) groups is 2. The minimum atomic E-state index is 0.0728. The second kappa shape index (κ2) is 7.65. The normalized spacial score (nSPS) is 27.9. The molecule has 0 unspecified atom stereocenters. The van der Waals surface area contributed by atoms with Crippen molar-refractivity contribution in [3.8, 4) is 0 Å². The smallest absolute Gasteiger partial charge is 0.225 e. The van der Waals surface area contributed by atoms with E-state index in [-0.39, 0.29) is 17.7 Å². The zero-order chi connectivity index (χ0) is 14.4. The van der Waals surface area contributed by atoms with Gasteiger partial charge in [0.15, 0.2) is 0 Å². The molecule has 0 aromatic rings. The van der Waals surface area contributed by atoms with Crippen molar-refractivity contribution in [2.45, 2.75) is 58.3 Å². The Kier molecular flexibility index (Phi) is 5.86. The molecule has 1 saturated heterocycles. The van der Waals surface area contributed by atoms with Crippen LogP contribution in [0.25, 0.3) is 0 Å². The summed E-state index contributed by atoms with van der Waals surface area (Å²) in [5.74, 6) is 1.41. The van der Waals surface area contributed by atoms with Crippen molar-refractivity contribution in [1.82, 2.24) is 10.2 Å². The maximum absolute atomic E-state index is 12.5. The highest BCUT2D eigenvalue weighted by molar-refractivity contribution is 5.81. The van der Waals surface area contributed by atoms with Crippen LogP contribution in [0.15, 0.2) is 0 Å². The average Bonchev–Trinajstić information content (AvgIpc) is 2.70. The van der Waals surface area contributed by atoms with Gasteiger partial charge < -0.3 is 10.2 Å². The molecule has 1 aliphatic carbocycles. The van der Waals surface area contributed by atoms with Crippen LogP contribution < -0.4 is 5.32 Å². The minimum Gasteiger partial charge on any atom is -0.354 e. The summed E-state index contributed by atoms with van der Waals surface area (Å²) >= 11 is 0. The summed E-state index contributed by atoms with van der Waals surface area (Å²) in [6.07, 6.45) is 8.90. The van der Waals surface area contributed by atoms with Crippen LogP contribution in [0.5, 0.6) is 0 Å². The number of amides is 2. The zero-order valence-corrected chi connectivity index (χ0v) is 12.7. The third-order valence-electron chi connectivity index (χ3n) is 4.79. The molecule has 2 aliphatic rings. The Morgan fingerprint density at radius 3 is 2.70 bits per heavy atom. The molecule has 2 amide bonds. The van der Waals surface area contributed by atoms with E-state index in [1.165, 1.54) is 32.1 Å². The molecule has 2 fully saturated rings. The summed E-state index contributed by atoms with van der Waals surface area (Å²) < 4.78 is 0. The van der Waals surface area contributed by atoms with Crippen LogP contribution >= 0.6 is 0 Å². The Labute approximate surface area is 122 Å². The van der Waals surface area contributed by atoms with E-state index in [1.54, 1.807) is 0 Å². The fraction of sp³-hybridized carbons (Fsp3) is 0.875. The Bertz CT molecular complexity index is 335. The predicted molar refractivity (Wildman–Crippen MR) is 79.2 cm³/mol. The van der Waals surface area contributed by atoms with Gasteiger partial charge in [0.1, 0.15) is 0 Å². The zero-order valence-electron chi connectivity index (χ0n) is 12.7. The lowest BCUT2D eigenvalue weighted by Crippen LogP contribution is -2.39. The number of unbranched alkanes of at least 4 members (excludes halogenated alkanes) is 1. The molecule has 0 aromatic heterocycles. The second-order valence-corrected chi connectivity index (χ2v) is 6.29. The third-order valence-corrected chi connectivity index (χ3v) is 4.79. The third kappa shape index (κ3) is 4.22. The fourth-order valence-electron chi connectivity index (χ4n) is 3.44. The van der Waals surface area contributed by atoms with Gasteiger partial charge in [0.05, 0.1) is 0 Å². The highest BCUT2D eigenvalue weighted by Gasteiger charge is 2.29. The van der Waals surface area contributed by atoms with E-state index in [0.29, 0.717) is 26.1 Å². The van der Waals surface area contributed by atoms with Crippen LogP contribution in [-0.2, 0) is 9.59 Å². The molecule has 0 aromatic carbocycles. The van der Waals surface area contributed by atoms with Gasteiger partial charge >= 0.3 is 0 Å². The van der Waals surface area contributed by atoms with Gasteiger partial charge in [-0.15, -0.1) is 0 Å². The number of nitrogens with one attached hydrogen (secondary N) is 1. The van der Waals surface area contributed by atoms with Crippen LogP contribution in [0.2, 0.25) is 0 Å². The van der Waals surface area contributed by atoms with Crippen molar-refractivity contribution >= 4 is 11.8 Å². The first kappa shape index (κ1) is 15.3. The molecule has 0 spiro atoms. The van der Waals surface area contributed by atoms with Gasteiger partial charge in [0.25, 0.3) is 0 Å². The molecule has 1 saturated carbocycles. The van der Waals surface area contributed by atoms with E-state index >= 15 is 0 Å². The molecular weight excluding hydrogens is 252 g/mol. The number of carbonyl (C=O) groups excluding carboxylic acids is 2. The van der Waals surface area contributed by atoms with E-state index in [1.807, 2.05) is 4.90 Å². The topological polar surface area (TPSA) is 49.4 Å². The summed E-state index contributed by atoms with van der Waals surface area (Å²) in [6.45, 7) is 4.13. The monoisotopic (exact) mass is 280 g/mol. The highest BCUT2D eigenvalue weighted by atomic mass is 16.2. The molecule has 1 heterocycles. The molecule has 1 aliphatic heterocycles. The highest BCUT2D eigenvalue weighted by Crippen LogP contribution is 2.32. The number of rotatable bonds is 4.